The summed E-state index contributed by atoms with van der Waals surface area (Å²) in [6.45, 7) is 2.62. The fraction of sp³-hybridized carbons (Fsp3) is 0.667. The summed E-state index contributed by atoms with van der Waals surface area (Å²) in [7, 11) is 0. The summed E-state index contributed by atoms with van der Waals surface area (Å²) in [6, 6.07) is 1.08. The summed E-state index contributed by atoms with van der Waals surface area (Å²) in [5.74, 6) is -1.84. The van der Waals surface area contributed by atoms with Crippen LogP contribution in [0.1, 0.15) is 20.1 Å². The van der Waals surface area contributed by atoms with Crippen molar-refractivity contribution in [3.05, 3.63) is 33.1 Å². The lowest BCUT2D eigenvalue weighted by molar-refractivity contribution is -0.294. The Morgan fingerprint density at radius 1 is 1.48 bits per heavy atom. The van der Waals surface area contributed by atoms with E-state index >= 15 is 0 Å². The van der Waals surface area contributed by atoms with E-state index in [1.54, 1.807) is 13.8 Å². The maximum atomic E-state index is 11.7. The van der Waals surface area contributed by atoms with Crippen molar-refractivity contribution in [1.82, 2.24) is 9.55 Å². The lowest BCUT2D eigenvalue weighted by atomic mass is 10.1. The molecule has 1 fully saturated rings. The van der Waals surface area contributed by atoms with Gasteiger partial charge < -0.3 is 24.8 Å². The first-order valence-corrected chi connectivity index (χ1v) is 6.45. The van der Waals surface area contributed by atoms with Gasteiger partial charge in [-0.3, -0.25) is 14.3 Å². The van der Waals surface area contributed by atoms with Crippen molar-refractivity contribution in [2.45, 2.75) is 44.2 Å². The van der Waals surface area contributed by atoms with Crippen molar-refractivity contribution in [2.24, 2.45) is 0 Å². The molecule has 1 aliphatic heterocycles. The minimum absolute atomic E-state index is 0.398. The van der Waals surface area contributed by atoms with E-state index in [2.05, 4.69) is 0 Å². The lowest BCUT2D eigenvalue weighted by Crippen LogP contribution is -2.50. The van der Waals surface area contributed by atoms with E-state index in [4.69, 9.17) is 9.47 Å². The molecule has 0 spiro atoms. The third-order valence-corrected chi connectivity index (χ3v) is 3.17. The highest BCUT2D eigenvalue weighted by atomic mass is 16.7. The van der Waals surface area contributed by atoms with Crippen LogP contribution < -0.4 is 11.2 Å². The molecule has 4 atom stereocenters. The molecule has 0 radical (unpaired) electrons. The molecule has 2 rings (SSSR count). The van der Waals surface area contributed by atoms with Gasteiger partial charge in [0, 0.05) is 12.3 Å². The summed E-state index contributed by atoms with van der Waals surface area (Å²) >= 11 is 0. The first kappa shape index (κ1) is 15.9. The number of hydrogen-bond acceptors (Lipinski definition) is 7. The molecule has 4 N–H and O–H groups in total. The van der Waals surface area contributed by atoms with Gasteiger partial charge in [0.15, 0.2) is 6.23 Å². The number of aliphatic hydroxyl groups excluding tert-OH is 3. The Labute approximate surface area is 119 Å². The maximum absolute atomic E-state index is 11.7. The lowest BCUT2D eigenvalue weighted by Gasteiger charge is -2.31. The van der Waals surface area contributed by atoms with Crippen molar-refractivity contribution in [1.29, 1.82) is 0 Å². The Hall–Kier alpha value is -1.52. The van der Waals surface area contributed by atoms with Crippen molar-refractivity contribution in [2.75, 3.05) is 6.61 Å². The number of nitrogens with zero attached hydrogens (tertiary/aromatic N) is 1. The van der Waals surface area contributed by atoms with Gasteiger partial charge in [-0.2, -0.15) is 0 Å². The number of aromatic amines is 1. The highest BCUT2D eigenvalue weighted by molar-refractivity contribution is 4.97. The van der Waals surface area contributed by atoms with Crippen LogP contribution in [0.4, 0.5) is 0 Å². The second-order valence-corrected chi connectivity index (χ2v) is 5.10. The van der Waals surface area contributed by atoms with Crippen LogP contribution in [0.25, 0.3) is 0 Å². The fourth-order valence-electron chi connectivity index (χ4n) is 2.27. The quantitative estimate of drug-likeness (QED) is 0.500. The molecule has 2 heterocycles. The summed E-state index contributed by atoms with van der Waals surface area (Å²) in [4.78, 5) is 24.8. The van der Waals surface area contributed by atoms with Crippen LogP contribution in [0, 0.1) is 0 Å². The zero-order valence-corrected chi connectivity index (χ0v) is 11.6. The number of rotatable bonds is 4. The van der Waals surface area contributed by atoms with Gasteiger partial charge in [0.05, 0.1) is 6.10 Å². The molecule has 0 aromatic carbocycles. The smallest absolute Gasteiger partial charge is 0.330 e. The molecule has 1 aromatic rings. The van der Waals surface area contributed by atoms with Gasteiger partial charge >= 0.3 is 5.69 Å². The number of hydrogen-bond donors (Lipinski definition) is 4. The van der Waals surface area contributed by atoms with Gasteiger partial charge in [-0.1, -0.05) is 0 Å². The van der Waals surface area contributed by atoms with Crippen LogP contribution >= 0.6 is 0 Å². The maximum Gasteiger partial charge on any atom is 0.330 e. The molecule has 0 saturated carbocycles. The molecule has 1 aliphatic rings. The second-order valence-electron chi connectivity index (χ2n) is 5.10. The molecule has 0 aliphatic carbocycles. The van der Waals surface area contributed by atoms with Crippen molar-refractivity contribution in [3.8, 4) is 0 Å². The summed E-state index contributed by atoms with van der Waals surface area (Å²) in [5, 5.41) is 29.6. The molecule has 0 bridgehead atoms. The largest absolute Gasteiger partial charge is 0.391 e. The van der Waals surface area contributed by atoms with E-state index in [9.17, 15) is 24.9 Å². The predicted molar refractivity (Wildman–Crippen MR) is 69.5 cm³/mol. The van der Waals surface area contributed by atoms with Gasteiger partial charge in [-0.15, -0.1) is 0 Å². The summed E-state index contributed by atoms with van der Waals surface area (Å²) in [5.41, 5.74) is -1.41. The topological polar surface area (TPSA) is 134 Å². The van der Waals surface area contributed by atoms with Crippen LogP contribution in [-0.4, -0.2) is 55.6 Å². The Morgan fingerprint density at radius 3 is 2.67 bits per heavy atom. The van der Waals surface area contributed by atoms with E-state index in [1.807, 2.05) is 4.98 Å². The summed E-state index contributed by atoms with van der Waals surface area (Å²) < 4.78 is 11.7. The molecule has 0 unspecified atom stereocenters. The zero-order chi connectivity index (χ0) is 15.8. The highest BCUT2D eigenvalue weighted by Gasteiger charge is 2.56. The Morgan fingerprint density at radius 2 is 2.14 bits per heavy atom. The Balaban J connectivity index is 2.39. The first-order chi connectivity index (χ1) is 9.80. The van der Waals surface area contributed by atoms with E-state index < -0.39 is 48.2 Å². The molecule has 9 heteroatoms. The standard InChI is InChI=1S/C12H18N2O7/c1-6(2)20-12(5-15)9(18)8(17)10(21-12)14-4-3-7(16)13-11(14)19/h3-4,6,8-10,15,17-18H,5H2,1-2H3,(H,13,16,19)/t8-,9+,10-,12-/m1/s1. The minimum Gasteiger partial charge on any atom is -0.391 e. The fourth-order valence-corrected chi connectivity index (χ4v) is 2.27. The van der Waals surface area contributed by atoms with Crippen molar-refractivity contribution in [3.63, 3.8) is 0 Å². The van der Waals surface area contributed by atoms with Crippen LogP contribution in [0.5, 0.6) is 0 Å². The molecule has 0 amide bonds. The molecule has 1 saturated heterocycles. The van der Waals surface area contributed by atoms with Gasteiger partial charge in [0.25, 0.3) is 5.56 Å². The van der Waals surface area contributed by atoms with E-state index in [1.165, 1.54) is 0 Å². The minimum atomic E-state index is -1.84. The number of aliphatic hydroxyl groups is 3. The normalized spacial score (nSPS) is 32.8. The molecular weight excluding hydrogens is 284 g/mol. The molecule has 21 heavy (non-hydrogen) atoms. The van der Waals surface area contributed by atoms with Crippen molar-refractivity contribution < 1.29 is 24.8 Å². The second kappa shape index (κ2) is 5.70. The predicted octanol–water partition coefficient (Wildman–Crippen LogP) is -2.10. The molecular formula is C12H18N2O7. The molecule has 1 aromatic heterocycles. The van der Waals surface area contributed by atoms with E-state index in [0.717, 1.165) is 16.8 Å². The molecule has 118 valence electrons. The zero-order valence-electron chi connectivity index (χ0n) is 11.6. The van der Waals surface area contributed by atoms with Crippen LogP contribution in [0.2, 0.25) is 0 Å². The SMILES string of the molecule is CC(C)O[C@]1(CO)O[C@@H](n2ccc(=O)[nH]c2=O)[C@H](O)[C@@H]1O. The Kier molecular flexibility index (Phi) is 4.30. The third-order valence-electron chi connectivity index (χ3n) is 3.17. The van der Waals surface area contributed by atoms with Crippen LogP contribution in [0.3, 0.4) is 0 Å². The van der Waals surface area contributed by atoms with Crippen molar-refractivity contribution >= 4 is 0 Å². The number of nitrogens with one attached hydrogen (secondary N) is 1. The van der Waals surface area contributed by atoms with Gasteiger partial charge in [-0.05, 0) is 13.8 Å². The van der Waals surface area contributed by atoms with Gasteiger partial charge in [-0.25, -0.2) is 4.79 Å². The number of ether oxygens (including phenoxy) is 2. The number of H-pyrrole nitrogens is 1. The highest BCUT2D eigenvalue weighted by Crippen LogP contribution is 2.37. The Bertz CT molecular complexity index is 610. The van der Waals surface area contributed by atoms with Gasteiger partial charge in [0.2, 0.25) is 5.79 Å². The third kappa shape index (κ3) is 2.78. The van der Waals surface area contributed by atoms with Gasteiger partial charge in [0.1, 0.15) is 18.8 Å². The van der Waals surface area contributed by atoms with E-state index in [-0.39, 0.29) is 0 Å². The van der Waals surface area contributed by atoms with Crippen LogP contribution in [0.15, 0.2) is 21.9 Å². The van der Waals surface area contributed by atoms with E-state index in [0.29, 0.717) is 0 Å². The summed E-state index contributed by atoms with van der Waals surface area (Å²) in [6.07, 6.45) is -3.64. The van der Waals surface area contributed by atoms with Crippen LogP contribution in [-0.2, 0) is 9.47 Å². The first-order valence-electron chi connectivity index (χ1n) is 6.45. The average Bonchev–Trinajstić information content (AvgIpc) is 2.64. The monoisotopic (exact) mass is 302 g/mol. The molecule has 9 nitrogen and oxygen atoms in total. The number of aromatic nitrogens is 2. The average molecular weight is 302 g/mol.